The Bertz CT molecular complexity index is 117. The molecule has 0 aromatic rings. The van der Waals surface area contributed by atoms with Gasteiger partial charge >= 0.3 is 6.41 Å². The third-order valence-corrected chi connectivity index (χ3v) is 2.08. The molecule has 1 amide bonds. The Kier molecular flexibility index (Phi) is 9.10. The number of carbonyl (C=O) groups excluding carboxylic acids is 1. The van der Waals surface area contributed by atoms with Crippen LogP contribution in [0.5, 0.6) is 0 Å². The maximum atomic E-state index is 9.83. The summed E-state index contributed by atoms with van der Waals surface area (Å²) in [7, 11) is 2.08. The number of nitrogens with zero attached hydrogens (tertiary/aromatic N) is 1. The highest BCUT2D eigenvalue weighted by molar-refractivity contribution is 5.46. The molecule has 0 aliphatic rings. The van der Waals surface area contributed by atoms with Crippen molar-refractivity contribution in [1.29, 1.82) is 0 Å². The first-order chi connectivity index (χ1) is 6.31. The van der Waals surface area contributed by atoms with Crippen LogP contribution in [0.4, 0.5) is 0 Å². The zero-order valence-corrected chi connectivity index (χ0v) is 8.81. The fraction of sp³-hybridized carbons (Fsp3) is 0.900. The van der Waals surface area contributed by atoms with Gasteiger partial charge in [-0.1, -0.05) is 26.2 Å². The Hall–Kier alpha value is -0.570. The van der Waals surface area contributed by atoms with Gasteiger partial charge in [0.1, 0.15) is 0 Å². The highest BCUT2D eigenvalue weighted by atomic mass is 16.1. The standard InChI is InChI=1S/C10H21N2O/c1-3-4-5-6-8-12(2)9-7-11-10-13/h3-9H2,1-2H3,(H,11,13). The molecule has 0 fully saturated rings. The maximum absolute atomic E-state index is 9.83. The van der Waals surface area contributed by atoms with Gasteiger partial charge in [0, 0.05) is 13.1 Å². The Labute approximate surface area is 81.5 Å². The summed E-state index contributed by atoms with van der Waals surface area (Å²) in [6, 6.07) is 0. The molecular weight excluding hydrogens is 164 g/mol. The van der Waals surface area contributed by atoms with Crippen molar-refractivity contribution in [1.82, 2.24) is 10.2 Å². The molecule has 13 heavy (non-hydrogen) atoms. The lowest BCUT2D eigenvalue weighted by Gasteiger charge is -2.15. The molecule has 0 saturated heterocycles. The summed E-state index contributed by atoms with van der Waals surface area (Å²) >= 11 is 0. The van der Waals surface area contributed by atoms with Crippen molar-refractivity contribution < 1.29 is 4.79 Å². The highest BCUT2D eigenvalue weighted by Gasteiger charge is 1.96. The van der Waals surface area contributed by atoms with E-state index < -0.39 is 0 Å². The topological polar surface area (TPSA) is 32.3 Å². The lowest BCUT2D eigenvalue weighted by molar-refractivity contribution is 0.327. The predicted octanol–water partition coefficient (Wildman–Crippen LogP) is 1.16. The van der Waals surface area contributed by atoms with Gasteiger partial charge in [-0.3, -0.25) is 4.79 Å². The number of rotatable bonds is 9. The number of hydrogen-bond acceptors (Lipinski definition) is 2. The molecule has 1 radical (unpaired) electrons. The van der Waals surface area contributed by atoms with E-state index in [0.717, 1.165) is 13.1 Å². The average Bonchev–Trinajstić information content (AvgIpc) is 2.13. The monoisotopic (exact) mass is 185 g/mol. The second kappa shape index (κ2) is 9.52. The lowest BCUT2D eigenvalue weighted by atomic mass is 10.2. The molecule has 77 valence electrons. The van der Waals surface area contributed by atoms with E-state index in [9.17, 15) is 4.79 Å². The summed E-state index contributed by atoms with van der Waals surface area (Å²) < 4.78 is 0. The molecule has 0 aromatic carbocycles. The van der Waals surface area contributed by atoms with Crippen molar-refractivity contribution in [3.05, 3.63) is 0 Å². The predicted molar refractivity (Wildman–Crippen MR) is 55.3 cm³/mol. The smallest absolute Gasteiger partial charge is 0.309 e. The van der Waals surface area contributed by atoms with Crippen LogP contribution in [0.15, 0.2) is 0 Å². The molecule has 0 spiro atoms. The minimum absolute atomic E-state index is 0.702. The van der Waals surface area contributed by atoms with Gasteiger partial charge in [0.15, 0.2) is 0 Å². The van der Waals surface area contributed by atoms with E-state index in [1.54, 1.807) is 6.41 Å². The van der Waals surface area contributed by atoms with E-state index in [-0.39, 0.29) is 0 Å². The van der Waals surface area contributed by atoms with Crippen LogP contribution < -0.4 is 5.32 Å². The van der Waals surface area contributed by atoms with Gasteiger partial charge < -0.3 is 10.2 Å². The second-order valence-electron chi connectivity index (χ2n) is 3.39. The Morgan fingerprint density at radius 2 is 2.00 bits per heavy atom. The normalized spacial score (nSPS) is 10.4. The van der Waals surface area contributed by atoms with Crippen molar-refractivity contribution in [2.45, 2.75) is 32.6 Å². The van der Waals surface area contributed by atoms with Crippen molar-refractivity contribution in [2.24, 2.45) is 0 Å². The summed E-state index contributed by atoms with van der Waals surface area (Å²) in [5, 5.41) is 2.53. The van der Waals surface area contributed by atoms with Crippen molar-refractivity contribution in [3.63, 3.8) is 0 Å². The largest absolute Gasteiger partial charge is 0.347 e. The van der Waals surface area contributed by atoms with Crippen LogP contribution >= 0.6 is 0 Å². The molecule has 0 unspecified atom stereocenters. The molecule has 0 aliphatic heterocycles. The minimum atomic E-state index is 0.702. The summed E-state index contributed by atoms with van der Waals surface area (Å²) in [4.78, 5) is 12.1. The first kappa shape index (κ1) is 12.4. The van der Waals surface area contributed by atoms with Crippen molar-refractivity contribution >= 4 is 6.41 Å². The highest BCUT2D eigenvalue weighted by Crippen LogP contribution is 1.99. The second-order valence-corrected chi connectivity index (χ2v) is 3.39. The summed E-state index contributed by atoms with van der Waals surface area (Å²) in [6.45, 7) is 4.96. The number of nitrogens with one attached hydrogen (secondary N) is 1. The molecule has 0 heterocycles. The van der Waals surface area contributed by atoms with Gasteiger partial charge in [-0.25, -0.2) is 0 Å². The van der Waals surface area contributed by atoms with Crippen LogP contribution in [-0.4, -0.2) is 38.0 Å². The van der Waals surface area contributed by atoms with E-state index in [1.165, 1.54) is 25.7 Å². The zero-order valence-electron chi connectivity index (χ0n) is 8.81. The third-order valence-electron chi connectivity index (χ3n) is 2.08. The summed E-state index contributed by atoms with van der Waals surface area (Å²) in [5.41, 5.74) is 0. The van der Waals surface area contributed by atoms with Gasteiger partial charge in [0.25, 0.3) is 0 Å². The number of likely N-dealkylation sites (N-methyl/N-ethyl adjacent to an activating group) is 1. The summed E-state index contributed by atoms with van der Waals surface area (Å²) in [6.07, 6.45) is 6.86. The van der Waals surface area contributed by atoms with E-state index in [0.29, 0.717) is 6.54 Å². The molecule has 0 rings (SSSR count). The molecule has 0 aliphatic carbocycles. The van der Waals surface area contributed by atoms with Gasteiger partial charge in [0.2, 0.25) is 0 Å². The van der Waals surface area contributed by atoms with E-state index in [1.807, 2.05) is 0 Å². The van der Waals surface area contributed by atoms with Crippen LogP contribution in [0.3, 0.4) is 0 Å². The van der Waals surface area contributed by atoms with Gasteiger partial charge in [-0.05, 0) is 20.0 Å². The van der Waals surface area contributed by atoms with Crippen LogP contribution in [0, 0.1) is 0 Å². The zero-order chi connectivity index (χ0) is 9.94. The Balaban J connectivity index is 3.09. The van der Waals surface area contributed by atoms with Crippen molar-refractivity contribution in [3.8, 4) is 0 Å². The Morgan fingerprint density at radius 3 is 2.62 bits per heavy atom. The first-order valence-corrected chi connectivity index (χ1v) is 5.09. The molecule has 3 nitrogen and oxygen atoms in total. The third kappa shape index (κ3) is 9.34. The fourth-order valence-electron chi connectivity index (χ4n) is 1.22. The van der Waals surface area contributed by atoms with E-state index in [4.69, 9.17) is 0 Å². The molecule has 0 aromatic heterocycles. The van der Waals surface area contributed by atoms with Crippen molar-refractivity contribution in [2.75, 3.05) is 26.7 Å². The molecule has 0 saturated carbocycles. The minimum Gasteiger partial charge on any atom is -0.347 e. The molecular formula is C10H21N2O. The number of unbranched alkanes of at least 4 members (excludes halogenated alkanes) is 3. The Morgan fingerprint density at radius 1 is 1.23 bits per heavy atom. The van der Waals surface area contributed by atoms with E-state index in [2.05, 4.69) is 24.2 Å². The van der Waals surface area contributed by atoms with Crippen LogP contribution in [0.2, 0.25) is 0 Å². The number of amides is 1. The van der Waals surface area contributed by atoms with Crippen LogP contribution in [0.25, 0.3) is 0 Å². The van der Waals surface area contributed by atoms with Crippen LogP contribution in [-0.2, 0) is 4.79 Å². The average molecular weight is 185 g/mol. The SMILES string of the molecule is CCCCCCN(C)CCN[C]=O. The number of hydrogen-bond donors (Lipinski definition) is 1. The maximum Gasteiger partial charge on any atom is 0.309 e. The molecule has 3 heteroatoms. The molecule has 1 N–H and O–H groups in total. The molecule has 0 bridgehead atoms. The van der Waals surface area contributed by atoms with Crippen LogP contribution in [0.1, 0.15) is 32.6 Å². The van der Waals surface area contributed by atoms with Gasteiger partial charge in [-0.2, -0.15) is 0 Å². The molecule has 0 atom stereocenters. The van der Waals surface area contributed by atoms with Gasteiger partial charge in [-0.15, -0.1) is 0 Å². The fourth-order valence-corrected chi connectivity index (χ4v) is 1.22. The van der Waals surface area contributed by atoms with Gasteiger partial charge in [0.05, 0.1) is 0 Å². The van der Waals surface area contributed by atoms with E-state index >= 15 is 0 Å². The lowest BCUT2D eigenvalue weighted by Crippen LogP contribution is -2.29. The summed E-state index contributed by atoms with van der Waals surface area (Å²) in [5.74, 6) is 0. The first-order valence-electron chi connectivity index (χ1n) is 5.09. The quantitative estimate of drug-likeness (QED) is 0.432.